The number of hydrogen-bond acceptors (Lipinski definition) is 3. The summed E-state index contributed by atoms with van der Waals surface area (Å²) in [5, 5.41) is 8.03. The maximum atomic E-state index is 5.73. The van der Waals surface area contributed by atoms with E-state index in [1.54, 1.807) is 0 Å². The van der Waals surface area contributed by atoms with Crippen LogP contribution in [0.1, 0.15) is 12.8 Å². The topological polar surface area (TPSA) is 43.0 Å². The Morgan fingerprint density at radius 3 is 3.06 bits per heavy atom. The van der Waals surface area contributed by atoms with Gasteiger partial charge in [-0.05, 0) is 17.3 Å². The fourth-order valence-electron chi connectivity index (χ4n) is 1.91. The smallest absolute Gasteiger partial charge is 0.297 e. The minimum absolute atomic E-state index is 0.851. The van der Waals surface area contributed by atoms with Crippen molar-refractivity contribution in [3.63, 3.8) is 0 Å². The lowest BCUT2D eigenvalue weighted by molar-refractivity contribution is -0.497. The summed E-state index contributed by atoms with van der Waals surface area (Å²) in [7, 11) is 2.03. The Bertz CT molecular complexity index is 558. The van der Waals surface area contributed by atoms with Gasteiger partial charge in [-0.15, -0.1) is 5.10 Å². The second-order valence-electron chi connectivity index (χ2n) is 3.96. The number of rotatable bonds is 1. The summed E-state index contributed by atoms with van der Waals surface area (Å²) in [5.74, 6) is 0.954. The monoisotopic (exact) mass is 217 g/mol. The third kappa shape index (κ3) is 1.44. The lowest BCUT2D eigenvalue weighted by Gasteiger charge is -2.00. The molecule has 82 valence electrons. The van der Waals surface area contributed by atoms with E-state index in [0.717, 1.165) is 36.3 Å². The van der Waals surface area contributed by atoms with Gasteiger partial charge < -0.3 is 0 Å². The third-order valence-corrected chi connectivity index (χ3v) is 2.82. The van der Waals surface area contributed by atoms with Crippen molar-refractivity contribution in [1.82, 2.24) is 15.2 Å². The standard InChI is InChI=1S/C11H13N4O/c1-14-8-4-7-11(14)16-15-10-6-3-2-5-9(10)12-13-15/h2-3,5-6H,4,7-8H2,1H3/q+1. The summed E-state index contributed by atoms with van der Waals surface area (Å²) in [6, 6.07) is 7.76. The Hall–Kier alpha value is -1.91. The summed E-state index contributed by atoms with van der Waals surface area (Å²) >= 11 is 0. The van der Waals surface area contributed by atoms with E-state index in [1.807, 2.05) is 31.3 Å². The van der Waals surface area contributed by atoms with Gasteiger partial charge in [-0.3, -0.25) is 4.84 Å². The second-order valence-corrected chi connectivity index (χ2v) is 3.96. The van der Waals surface area contributed by atoms with Crippen LogP contribution in [0.3, 0.4) is 0 Å². The molecule has 16 heavy (non-hydrogen) atoms. The number of fused-ring (bicyclic) bond motifs is 1. The Balaban J connectivity index is 1.98. The van der Waals surface area contributed by atoms with Crippen molar-refractivity contribution in [3.05, 3.63) is 24.3 Å². The van der Waals surface area contributed by atoms with Crippen molar-refractivity contribution in [1.29, 1.82) is 0 Å². The van der Waals surface area contributed by atoms with E-state index >= 15 is 0 Å². The molecule has 0 aliphatic carbocycles. The number of para-hydroxylation sites is 1. The van der Waals surface area contributed by atoms with Crippen LogP contribution in [-0.4, -0.2) is 39.2 Å². The molecule has 1 aliphatic heterocycles. The zero-order valence-corrected chi connectivity index (χ0v) is 9.13. The van der Waals surface area contributed by atoms with Gasteiger partial charge in [0.25, 0.3) is 0 Å². The molecule has 1 aromatic heterocycles. The average Bonchev–Trinajstić information content (AvgIpc) is 2.88. The van der Waals surface area contributed by atoms with Crippen molar-refractivity contribution in [2.24, 2.45) is 0 Å². The molecule has 0 bridgehead atoms. The number of benzene rings is 1. The Labute approximate surface area is 92.9 Å². The van der Waals surface area contributed by atoms with Crippen LogP contribution >= 0.6 is 0 Å². The van der Waals surface area contributed by atoms with E-state index in [1.165, 1.54) is 4.85 Å². The molecule has 0 saturated heterocycles. The lowest BCUT2D eigenvalue weighted by Crippen LogP contribution is -2.25. The van der Waals surface area contributed by atoms with E-state index in [9.17, 15) is 0 Å². The predicted molar refractivity (Wildman–Crippen MR) is 59.4 cm³/mol. The number of hydrogen-bond donors (Lipinski definition) is 0. The van der Waals surface area contributed by atoms with Crippen molar-refractivity contribution in [3.8, 4) is 0 Å². The zero-order chi connectivity index (χ0) is 11.0. The highest BCUT2D eigenvalue weighted by molar-refractivity contribution is 5.76. The van der Waals surface area contributed by atoms with E-state index in [-0.39, 0.29) is 0 Å². The molecule has 0 N–H and O–H groups in total. The first-order chi connectivity index (χ1) is 7.84. The van der Waals surface area contributed by atoms with E-state index in [0.29, 0.717) is 0 Å². The first kappa shape index (κ1) is 9.33. The van der Waals surface area contributed by atoms with Gasteiger partial charge in [0.15, 0.2) is 0 Å². The predicted octanol–water partition coefficient (Wildman–Crippen LogP) is 0.694. The molecule has 0 radical (unpaired) electrons. The fraction of sp³-hybridized carbons (Fsp3) is 0.364. The molecule has 0 saturated carbocycles. The molecule has 0 fully saturated rings. The van der Waals surface area contributed by atoms with Crippen LogP contribution < -0.4 is 4.84 Å². The van der Waals surface area contributed by atoms with E-state index in [4.69, 9.17) is 4.84 Å². The molecule has 5 nitrogen and oxygen atoms in total. The van der Waals surface area contributed by atoms with Gasteiger partial charge in [0, 0.05) is 6.42 Å². The minimum Gasteiger partial charge on any atom is -0.297 e. The normalized spacial score (nSPS) is 16.1. The van der Waals surface area contributed by atoms with Crippen molar-refractivity contribution < 1.29 is 9.41 Å². The highest BCUT2D eigenvalue weighted by Crippen LogP contribution is 2.09. The summed E-state index contributed by atoms with van der Waals surface area (Å²) in [4.78, 5) is 7.22. The molecule has 0 atom stereocenters. The van der Waals surface area contributed by atoms with Crippen LogP contribution in [0.15, 0.2) is 24.3 Å². The highest BCUT2D eigenvalue weighted by Gasteiger charge is 2.22. The molecule has 3 rings (SSSR count). The SMILES string of the molecule is C[N+]1=C(On2nnc3ccccc32)CCC1. The van der Waals surface area contributed by atoms with Crippen molar-refractivity contribution in [2.75, 3.05) is 13.6 Å². The van der Waals surface area contributed by atoms with Gasteiger partial charge in [0.05, 0.1) is 6.42 Å². The summed E-state index contributed by atoms with van der Waals surface area (Å²) in [6.07, 6.45) is 2.10. The van der Waals surface area contributed by atoms with Gasteiger partial charge in [-0.25, -0.2) is 4.58 Å². The molecule has 1 aliphatic rings. The van der Waals surface area contributed by atoms with Crippen LogP contribution in [0.25, 0.3) is 11.0 Å². The highest BCUT2D eigenvalue weighted by atomic mass is 16.7. The van der Waals surface area contributed by atoms with Crippen molar-refractivity contribution in [2.45, 2.75) is 12.8 Å². The molecule has 2 aromatic rings. The van der Waals surface area contributed by atoms with Gasteiger partial charge in [-0.2, -0.15) is 0 Å². The lowest BCUT2D eigenvalue weighted by atomic mass is 10.3. The van der Waals surface area contributed by atoms with Gasteiger partial charge >= 0.3 is 5.90 Å². The van der Waals surface area contributed by atoms with E-state index in [2.05, 4.69) is 14.9 Å². The fourth-order valence-corrected chi connectivity index (χ4v) is 1.91. The molecular weight excluding hydrogens is 204 g/mol. The summed E-state index contributed by atoms with van der Waals surface area (Å²) in [5.41, 5.74) is 1.75. The maximum absolute atomic E-state index is 5.73. The maximum Gasteiger partial charge on any atom is 0.363 e. The van der Waals surface area contributed by atoms with Crippen LogP contribution in [0, 0.1) is 0 Å². The first-order valence-corrected chi connectivity index (χ1v) is 5.40. The van der Waals surface area contributed by atoms with Crippen LogP contribution in [-0.2, 0) is 0 Å². The average molecular weight is 217 g/mol. The zero-order valence-electron chi connectivity index (χ0n) is 9.13. The largest absolute Gasteiger partial charge is 0.363 e. The molecule has 0 amide bonds. The first-order valence-electron chi connectivity index (χ1n) is 5.40. The van der Waals surface area contributed by atoms with Crippen LogP contribution in [0.4, 0.5) is 0 Å². The number of aromatic nitrogens is 3. The van der Waals surface area contributed by atoms with Crippen LogP contribution in [0.5, 0.6) is 0 Å². The third-order valence-electron chi connectivity index (χ3n) is 2.82. The number of nitrogens with zero attached hydrogens (tertiary/aromatic N) is 4. The van der Waals surface area contributed by atoms with Gasteiger partial charge in [-0.1, -0.05) is 17.0 Å². The Kier molecular flexibility index (Phi) is 2.09. The molecule has 1 aromatic carbocycles. The van der Waals surface area contributed by atoms with Crippen LogP contribution in [0.2, 0.25) is 0 Å². The van der Waals surface area contributed by atoms with E-state index < -0.39 is 0 Å². The van der Waals surface area contributed by atoms with Gasteiger partial charge in [0.1, 0.15) is 24.6 Å². The quantitative estimate of drug-likeness (QED) is 0.660. The van der Waals surface area contributed by atoms with Crippen molar-refractivity contribution >= 4 is 16.9 Å². The second kappa shape index (κ2) is 3.59. The molecule has 0 unspecified atom stereocenters. The molecule has 2 heterocycles. The summed E-state index contributed by atoms with van der Waals surface area (Å²) in [6.45, 7) is 1.04. The summed E-state index contributed by atoms with van der Waals surface area (Å²) < 4.78 is 2.11. The molecule has 5 heteroatoms. The Morgan fingerprint density at radius 1 is 1.38 bits per heavy atom. The minimum atomic E-state index is 0.851. The molecular formula is C11H13N4O+. The molecule has 0 spiro atoms. The van der Waals surface area contributed by atoms with Gasteiger partial charge in [0.2, 0.25) is 0 Å². The Morgan fingerprint density at radius 2 is 2.25 bits per heavy atom.